The van der Waals surface area contributed by atoms with E-state index < -0.39 is 17.7 Å². The average molecular weight is 494 g/mol. The number of nitrogens with zero attached hydrogens (tertiary/aromatic N) is 3. The first-order valence-electron chi connectivity index (χ1n) is 12.6. The van der Waals surface area contributed by atoms with Gasteiger partial charge in [-0.15, -0.1) is 0 Å². The van der Waals surface area contributed by atoms with E-state index in [1.165, 1.54) is 0 Å². The Kier molecular flexibility index (Phi) is 8.38. The SMILES string of the molecule is Cc1cc(OCC(C)C)ccc1C(O)=C1C(=O)C(=O)N(CCCN2CCOCC2)[C@@H]1c1ccncc1. The van der Waals surface area contributed by atoms with Crippen molar-refractivity contribution in [1.82, 2.24) is 14.8 Å². The lowest BCUT2D eigenvalue weighted by atomic mass is 9.94. The van der Waals surface area contributed by atoms with Crippen LogP contribution in [0.4, 0.5) is 0 Å². The molecule has 8 heteroatoms. The van der Waals surface area contributed by atoms with Gasteiger partial charge in [0.15, 0.2) is 0 Å². The fourth-order valence-corrected chi connectivity index (χ4v) is 4.69. The highest BCUT2D eigenvalue weighted by Crippen LogP contribution is 2.40. The number of rotatable bonds is 9. The second-order valence-electron chi connectivity index (χ2n) is 9.76. The number of amides is 1. The van der Waals surface area contributed by atoms with E-state index in [-0.39, 0.29) is 11.3 Å². The van der Waals surface area contributed by atoms with Gasteiger partial charge in [0.2, 0.25) is 0 Å². The molecule has 3 heterocycles. The van der Waals surface area contributed by atoms with E-state index in [1.807, 2.05) is 13.0 Å². The zero-order valence-electron chi connectivity index (χ0n) is 21.3. The number of Topliss-reactive ketones (excluding diaryl/α,β-unsaturated/α-hetero) is 1. The van der Waals surface area contributed by atoms with Gasteiger partial charge in [-0.1, -0.05) is 13.8 Å². The third-order valence-electron chi connectivity index (χ3n) is 6.58. The molecule has 8 nitrogen and oxygen atoms in total. The summed E-state index contributed by atoms with van der Waals surface area (Å²) in [7, 11) is 0. The lowest BCUT2D eigenvalue weighted by molar-refractivity contribution is -0.140. The molecular weight excluding hydrogens is 458 g/mol. The van der Waals surface area contributed by atoms with Gasteiger partial charge in [-0.25, -0.2) is 0 Å². The fourth-order valence-electron chi connectivity index (χ4n) is 4.69. The van der Waals surface area contributed by atoms with Crippen LogP contribution in [0.3, 0.4) is 0 Å². The normalized spacial score (nSPS) is 20.3. The van der Waals surface area contributed by atoms with Gasteiger partial charge in [-0.2, -0.15) is 0 Å². The van der Waals surface area contributed by atoms with Gasteiger partial charge in [0.05, 0.1) is 31.4 Å². The van der Waals surface area contributed by atoms with Crippen molar-refractivity contribution in [2.24, 2.45) is 5.92 Å². The number of aryl methyl sites for hydroxylation is 1. The summed E-state index contributed by atoms with van der Waals surface area (Å²) in [6, 6.07) is 8.27. The summed E-state index contributed by atoms with van der Waals surface area (Å²) in [6.07, 6.45) is 3.99. The van der Waals surface area contributed by atoms with E-state index in [2.05, 4.69) is 23.7 Å². The van der Waals surface area contributed by atoms with Crippen molar-refractivity contribution in [2.75, 3.05) is 46.0 Å². The molecule has 1 aromatic carbocycles. The topological polar surface area (TPSA) is 92.2 Å². The number of carbonyl (C=O) groups is 2. The number of pyridine rings is 1. The third-order valence-corrected chi connectivity index (χ3v) is 6.58. The van der Waals surface area contributed by atoms with Crippen LogP contribution in [0.25, 0.3) is 5.76 Å². The van der Waals surface area contributed by atoms with Crippen molar-refractivity contribution in [2.45, 2.75) is 33.2 Å². The predicted octanol–water partition coefficient (Wildman–Crippen LogP) is 3.57. The summed E-state index contributed by atoms with van der Waals surface area (Å²) in [4.78, 5) is 34.4. The zero-order chi connectivity index (χ0) is 25.7. The molecule has 1 aromatic heterocycles. The maximum absolute atomic E-state index is 13.3. The number of morpholine rings is 1. The van der Waals surface area contributed by atoms with Crippen LogP contribution >= 0.6 is 0 Å². The molecule has 2 aromatic rings. The molecule has 1 atom stereocenters. The summed E-state index contributed by atoms with van der Waals surface area (Å²) >= 11 is 0. The molecule has 4 rings (SSSR count). The Labute approximate surface area is 212 Å². The molecule has 2 fully saturated rings. The molecule has 192 valence electrons. The molecule has 1 N–H and O–H groups in total. The van der Waals surface area contributed by atoms with E-state index in [0.29, 0.717) is 43.6 Å². The lowest BCUT2D eigenvalue weighted by Gasteiger charge is -2.29. The highest BCUT2D eigenvalue weighted by Gasteiger charge is 2.46. The summed E-state index contributed by atoms with van der Waals surface area (Å²) in [5.74, 6) is -0.334. The molecule has 0 bridgehead atoms. The second kappa shape index (κ2) is 11.7. The minimum absolute atomic E-state index is 0.108. The number of ether oxygens (including phenoxy) is 2. The Morgan fingerprint density at radius 2 is 1.86 bits per heavy atom. The van der Waals surface area contributed by atoms with E-state index in [9.17, 15) is 14.7 Å². The second-order valence-corrected chi connectivity index (χ2v) is 9.76. The Morgan fingerprint density at radius 3 is 2.53 bits per heavy atom. The largest absolute Gasteiger partial charge is 0.507 e. The summed E-state index contributed by atoms with van der Waals surface area (Å²) in [6.45, 7) is 11.0. The van der Waals surface area contributed by atoms with Gasteiger partial charge >= 0.3 is 0 Å². The van der Waals surface area contributed by atoms with Crippen molar-refractivity contribution in [3.05, 3.63) is 65.0 Å². The molecule has 0 spiro atoms. The predicted molar refractivity (Wildman–Crippen MR) is 137 cm³/mol. The highest BCUT2D eigenvalue weighted by molar-refractivity contribution is 6.46. The van der Waals surface area contributed by atoms with Crippen molar-refractivity contribution in [3.63, 3.8) is 0 Å². The molecule has 2 aliphatic heterocycles. The molecule has 2 aliphatic rings. The minimum Gasteiger partial charge on any atom is -0.507 e. The van der Waals surface area contributed by atoms with E-state index in [0.717, 1.165) is 37.2 Å². The number of aliphatic hydroxyl groups excluding tert-OH is 1. The number of aliphatic hydroxyl groups is 1. The number of hydrogen-bond acceptors (Lipinski definition) is 7. The van der Waals surface area contributed by atoms with Crippen LogP contribution in [0, 0.1) is 12.8 Å². The van der Waals surface area contributed by atoms with Crippen LogP contribution in [0.15, 0.2) is 48.3 Å². The number of carbonyl (C=O) groups excluding carboxylic acids is 2. The van der Waals surface area contributed by atoms with E-state index in [1.54, 1.807) is 41.6 Å². The minimum atomic E-state index is -0.672. The van der Waals surface area contributed by atoms with Crippen LogP contribution in [-0.2, 0) is 14.3 Å². The van der Waals surface area contributed by atoms with E-state index in [4.69, 9.17) is 9.47 Å². The van der Waals surface area contributed by atoms with Gasteiger partial charge < -0.3 is 19.5 Å². The first kappa shape index (κ1) is 25.9. The van der Waals surface area contributed by atoms with Gasteiger partial charge in [-0.3, -0.25) is 19.5 Å². The number of benzene rings is 1. The monoisotopic (exact) mass is 493 g/mol. The zero-order valence-corrected chi connectivity index (χ0v) is 21.3. The van der Waals surface area contributed by atoms with Gasteiger partial charge in [0.25, 0.3) is 11.7 Å². The molecular formula is C28H35N3O5. The van der Waals surface area contributed by atoms with Crippen LogP contribution in [0.5, 0.6) is 5.75 Å². The molecule has 36 heavy (non-hydrogen) atoms. The third kappa shape index (κ3) is 5.77. The first-order chi connectivity index (χ1) is 17.4. The maximum Gasteiger partial charge on any atom is 0.295 e. The van der Waals surface area contributed by atoms with Gasteiger partial charge in [0.1, 0.15) is 11.5 Å². The number of likely N-dealkylation sites (tertiary alicyclic amines) is 1. The van der Waals surface area contributed by atoms with Crippen molar-refractivity contribution in [1.29, 1.82) is 0 Å². The van der Waals surface area contributed by atoms with E-state index >= 15 is 0 Å². The molecule has 0 unspecified atom stereocenters. The van der Waals surface area contributed by atoms with Crippen LogP contribution in [0.2, 0.25) is 0 Å². The Morgan fingerprint density at radius 1 is 1.14 bits per heavy atom. The maximum atomic E-state index is 13.3. The van der Waals surface area contributed by atoms with Crippen LogP contribution in [-0.4, -0.2) is 77.6 Å². The molecule has 1 amide bonds. The Hall–Kier alpha value is -3.23. The first-order valence-corrected chi connectivity index (χ1v) is 12.6. The van der Waals surface area contributed by atoms with Crippen molar-refractivity contribution < 1.29 is 24.2 Å². The summed E-state index contributed by atoms with van der Waals surface area (Å²) in [5.41, 5.74) is 2.13. The lowest BCUT2D eigenvalue weighted by Crippen LogP contribution is -2.38. The highest BCUT2D eigenvalue weighted by atomic mass is 16.5. The molecule has 0 aliphatic carbocycles. The summed E-state index contributed by atoms with van der Waals surface area (Å²) in [5, 5.41) is 11.4. The number of hydrogen-bond donors (Lipinski definition) is 1. The van der Waals surface area contributed by atoms with Crippen molar-refractivity contribution in [3.8, 4) is 5.75 Å². The van der Waals surface area contributed by atoms with Crippen LogP contribution < -0.4 is 4.74 Å². The molecule has 0 radical (unpaired) electrons. The fraction of sp³-hybridized carbons (Fsp3) is 0.464. The quantitative estimate of drug-likeness (QED) is 0.324. The van der Waals surface area contributed by atoms with Gasteiger partial charge in [-0.05, 0) is 60.7 Å². The Balaban J connectivity index is 1.63. The van der Waals surface area contributed by atoms with Crippen LogP contribution in [0.1, 0.15) is 43.0 Å². The molecule has 0 saturated carbocycles. The average Bonchev–Trinajstić information content (AvgIpc) is 3.13. The smallest absolute Gasteiger partial charge is 0.295 e. The summed E-state index contributed by atoms with van der Waals surface area (Å²) < 4.78 is 11.2. The Bertz CT molecular complexity index is 1110. The number of ketones is 1. The molecule has 2 saturated heterocycles. The van der Waals surface area contributed by atoms with Gasteiger partial charge in [0, 0.05) is 44.1 Å². The standard InChI is InChI=1S/C28H35N3O5/c1-19(2)18-36-22-5-6-23(20(3)17-22)26(32)24-25(21-7-9-29-10-8-21)31(28(34)27(24)33)12-4-11-30-13-15-35-16-14-30/h5-10,17,19,25,32H,4,11-16,18H2,1-3H3/t25-/m1/s1. The van der Waals surface area contributed by atoms with Crippen molar-refractivity contribution >= 4 is 17.4 Å². The number of aromatic nitrogens is 1.